The molecule has 3 amide bonds. The topological polar surface area (TPSA) is 115 Å². The van der Waals surface area contributed by atoms with E-state index in [0.717, 1.165) is 0 Å². The molecule has 0 bridgehead atoms. The van der Waals surface area contributed by atoms with Crippen molar-refractivity contribution in [2.75, 3.05) is 5.32 Å². The van der Waals surface area contributed by atoms with Crippen molar-refractivity contribution in [3.05, 3.63) is 63.1 Å². The van der Waals surface area contributed by atoms with Crippen LogP contribution in [-0.4, -0.2) is 17.7 Å². The van der Waals surface area contributed by atoms with Gasteiger partial charge in [0.05, 0.1) is 6.42 Å². The van der Waals surface area contributed by atoms with Gasteiger partial charge in [-0.1, -0.05) is 29.3 Å². The van der Waals surface area contributed by atoms with Crippen LogP contribution in [0.2, 0.25) is 10.0 Å². The molecular weight excluding hydrogens is 353 g/mol. The van der Waals surface area contributed by atoms with Gasteiger partial charge in [-0.2, -0.15) is 0 Å². The van der Waals surface area contributed by atoms with Crippen LogP contribution < -0.4 is 16.8 Å². The number of amides is 3. The number of carbonyl (C=O) groups excluding carboxylic acids is 3. The number of halogens is 2. The van der Waals surface area contributed by atoms with E-state index in [-0.39, 0.29) is 23.2 Å². The lowest BCUT2D eigenvalue weighted by Gasteiger charge is -2.09. The van der Waals surface area contributed by atoms with E-state index < -0.39 is 17.7 Å². The minimum Gasteiger partial charge on any atom is -0.366 e. The van der Waals surface area contributed by atoms with E-state index in [2.05, 4.69) is 5.32 Å². The molecule has 0 spiro atoms. The zero-order valence-electron chi connectivity index (χ0n) is 12.3. The van der Waals surface area contributed by atoms with E-state index in [1.165, 1.54) is 24.3 Å². The van der Waals surface area contributed by atoms with Crippen LogP contribution in [0.5, 0.6) is 0 Å². The minimum absolute atomic E-state index is 0.0112. The molecule has 0 heterocycles. The Morgan fingerprint density at radius 2 is 1.50 bits per heavy atom. The summed E-state index contributed by atoms with van der Waals surface area (Å²) in [6.45, 7) is 0. The van der Waals surface area contributed by atoms with Gasteiger partial charge in [-0.3, -0.25) is 14.4 Å². The van der Waals surface area contributed by atoms with Crippen LogP contribution in [-0.2, 0) is 11.2 Å². The molecule has 0 atom stereocenters. The Hall–Kier alpha value is -2.57. The number of rotatable bonds is 5. The quantitative estimate of drug-likeness (QED) is 0.754. The summed E-state index contributed by atoms with van der Waals surface area (Å²) in [6.07, 6.45) is -0.0112. The first kappa shape index (κ1) is 17.8. The third kappa shape index (κ3) is 4.47. The number of nitrogens with two attached hydrogens (primary N) is 2. The number of anilines is 1. The maximum Gasteiger partial charge on any atom is 0.248 e. The highest BCUT2D eigenvalue weighted by molar-refractivity contribution is 6.35. The second-order valence-corrected chi connectivity index (χ2v) is 5.83. The summed E-state index contributed by atoms with van der Waals surface area (Å²) in [5.41, 5.74) is 11.3. The largest absolute Gasteiger partial charge is 0.366 e. The van der Waals surface area contributed by atoms with Gasteiger partial charge in [-0.25, -0.2) is 0 Å². The predicted octanol–water partition coefficient (Wildman–Crippen LogP) is 2.37. The van der Waals surface area contributed by atoms with Crippen LogP contribution in [0.25, 0.3) is 0 Å². The molecule has 2 aromatic carbocycles. The molecule has 2 aromatic rings. The molecule has 6 nitrogen and oxygen atoms in total. The zero-order valence-corrected chi connectivity index (χ0v) is 13.8. The lowest BCUT2D eigenvalue weighted by atomic mass is 10.1. The number of hydrogen-bond acceptors (Lipinski definition) is 3. The molecule has 5 N–H and O–H groups in total. The van der Waals surface area contributed by atoms with Gasteiger partial charge in [0, 0.05) is 26.9 Å². The van der Waals surface area contributed by atoms with E-state index in [9.17, 15) is 14.4 Å². The van der Waals surface area contributed by atoms with E-state index in [4.69, 9.17) is 34.7 Å². The molecule has 0 radical (unpaired) electrons. The summed E-state index contributed by atoms with van der Waals surface area (Å²) in [5.74, 6) is -1.88. The molecule has 0 aliphatic heterocycles. The predicted molar refractivity (Wildman–Crippen MR) is 92.3 cm³/mol. The second kappa shape index (κ2) is 7.33. The van der Waals surface area contributed by atoms with Crippen molar-refractivity contribution in [3.8, 4) is 0 Å². The van der Waals surface area contributed by atoms with Gasteiger partial charge in [0.1, 0.15) is 0 Å². The van der Waals surface area contributed by atoms with Gasteiger partial charge in [-0.15, -0.1) is 0 Å². The highest BCUT2D eigenvalue weighted by Gasteiger charge is 2.12. The van der Waals surface area contributed by atoms with E-state index >= 15 is 0 Å². The minimum atomic E-state index is -0.741. The Morgan fingerprint density at radius 3 is 2.00 bits per heavy atom. The highest BCUT2D eigenvalue weighted by Crippen LogP contribution is 2.22. The molecule has 0 fully saturated rings. The van der Waals surface area contributed by atoms with Gasteiger partial charge in [0.25, 0.3) is 0 Å². The van der Waals surface area contributed by atoms with Crippen molar-refractivity contribution < 1.29 is 14.4 Å². The molecule has 0 aliphatic carbocycles. The average molecular weight is 366 g/mol. The van der Waals surface area contributed by atoms with Gasteiger partial charge in [0.15, 0.2) is 0 Å². The van der Waals surface area contributed by atoms with E-state index in [1.54, 1.807) is 12.1 Å². The lowest BCUT2D eigenvalue weighted by molar-refractivity contribution is -0.115. The fraction of sp³-hybridized carbons (Fsp3) is 0.0625. The van der Waals surface area contributed by atoms with Crippen LogP contribution in [0.1, 0.15) is 26.3 Å². The fourth-order valence-electron chi connectivity index (χ4n) is 2.03. The summed E-state index contributed by atoms with van der Waals surface area (Å²) in [7, 11) is 0. The Bertz CT molecular complexity index is 805. The van der Waals surface area contributed by atoms with Crippen molar-refractivity contribution in [1.29, 1.82) is 0 Å². The SMILES string of the molecule is NC(=O)c1cc(NC(=O)Cc2ccc(Cl)cc2Cl)cc(C(N)=O)c1. The first-order chi connectivity index (χ1) is 11.3. The molecule has 0 aromatic heterocycles. The van der Waals surface area contributed by atoms with Crippen molar-refractivity contribution >= 4 is 46.6 Å². The van der Waals surface area contributed by atoms with Gasteiger partial charge in [-0.05, 0) is 35.9 Å². The summed E-state index contributed by atoms with van der Waals surface area (Å²) >= 11 is 11.8. The maximum absolute atomic E-state index is 12.1. The van der Waals surface area contributed by atoms with Crippen molar-refractivity contribution in [1.82, 2.24) is 0 Å². The summed E-state index contributed by atoms with van der Waals surface area (Å²) in [4.78, 5) is 34.8. The van der Waals surface area contributed by atoms with Gasteiger partial charge < -0.3 is 16.8 Å². The molecule has 0 unspecified atom stereocenters. The third-order valence-corrected chi connectivity index (χ3v) is 3.74. The standard InChI is InChI=1S/C16H13Cl2N3O3/c17-11-2-1-8(13(18)7-11)6-14(22)21-12-4-9(15(19)23)3-10(5-12)16(20)24/h1-5,7H,6H2,(H2,19,23)(H2,20,24)(H,21,22). The van der Waals surface area contributed by atoms with E-state index in [1.807, 2.05) is 0 Å². The molecule has 2 rings (SSSR count). The lowest BCUT2D eigenvalue weighted by Crippen LogP contribution is -2.19. The molecule has 0 aliphatic rings. The summed E-state index contributed by atoms with van der Waals surface area (Å²) < 4.78 is 0. The van der Waals surface area contributed by atoms with Gasteiger partial charge >= 0.3 is 0 Å². The molecule has 24 heavy (non-hydrogen) atoms. The first-order valence-electron chi connectivity index (χ1n) is 6.74. The van der Waals surface area contributed by atoms with Crippen LogP contribution >= 0.6 is 23.2 Å². The first-order valence-corrected chi connectivity index (χ1v) is 7.50. The highest BCUT2D eigenvalue weighted by atomic mass is 35.5. The normalized spacial score (nSPS) is 10.2. The molecule has 0 saturated heterocycles. The molecular formula is C16H13Cl2N3O3. The number of primary amides is 2. The maximum atomic E-state index is 12.1. The average Bonchev–Trinajstić information content (AvgIpc) is 2.49. The molecule has 8 heteroatoms. The third-order valence-electron chi connectivity index (χ3n) is 3.15. The number of hydrogen-bond donors (Lipinski definition) is 3. The van der Waals surface area contributed by atoms with Crippen LogP contribution in [0.15, 0.2) is 36.4 Å². The van der Waals surface area contributed by atoms with Crippen molar-refractivity contribution in [2.24, 2.45) is 11.5 Å². The number of nitrogens with one attached hydrogen (secondary N) is 1. The summed E-state index contributed by atoms with van der Waals surface area (Å²) in [6, 6.07) is 8.77. The van der Waals surface area contributed by atoms with Gasteiger partial charge in [0.2, 0.25) is 17.7 Å². The fourth-order valence-corrected chi connectivity index (χ4v) is 2.50. The summed E-state index contributed by atoms with van der Waals surface area (Å²) in [5, 5.41) is 3.40. The second-order valence-electron chi connectivity index (χ2n) is 4.99. The molecule has 124 valence electrons. The van der Waals surface area contributed by atoms with Crippen molar-refractivity contribution in [3.63, 3.8) is 0 Å². The zero-order chi connectivity index (χ0) is 17.9. The number of benzene rings is 2. The smallest absolute Gasteiger partial charge is 0.248 e. The van der Waals surface area contributed by atoms with Crippen LogP contribution in [0, 0.1) is 0 Å². The Balaban J connectivity index is 2.21. The monoisotopic (exact) mass is 365 g/mol. The van der Waals surface area contributed by atoms with Crippen LogP contribution in [0.4, 0.5) is 5.69 Å². The van der Waals surface area contributed by atoms with Crippen molar-refractivity contribution in [2.45, 2.75) is 6.42 Å². The van der Waals surface area contributed by atoms with E-state index in [0.29, 0.717) is 15.6 Å². The Labute approximate surface area is 147 Å². The van der Waals surface area contributed by atoms with Crippen LogP contribution in [0.3, 0.4) is 0 Å². The molecule has 0 saturated carbocycles. The number of carbonyl (C=O) groups is 3. The Kier molecular flexibility index (Phi) is 5.43. The Morgan fingerprint density at radius 1 is 0.917 bits per heavy atom.